The van der Waals surface area contributed by atoms with Gasteiger partial charge >= 0.3 is 11.0 Å². The summed E-state index contributed by atoms with van der Waals surface area (Å²) in [5, 5.41) is 0. The predicted octanol–water partition coefficient (Wildman–Crippen LogP) is 6.73. The molecule has 35 heavy (non-hydrogen) atoms. The summed E-state index contributed by atoms with van der Waals surface area (Å²) in [6, 6.07) is 6.31. The van der Waals surface area contributed by atoms with Crippen LogP contribution in [-0.4, -0.2) is 27.9 Å². The molecule has 0 aliphatic rings. The van der Waals surface area contributed by atoms with Crippen molar-refractivity contribution in [2.75, 3.05) is 0 Å². The first-order valence-corrected chi connectivity index (χ1v) is 14.3. The number of pyridine rings is 1. The zero-order valence-corrected chi connectivity index (χ0v) is 21.3. The number of unbranched alkanes of at least 4 members (excludes halogenated alkanes) is 11. The van der Waals surface area contributed by atoms with Crippen LogP contribution in [0.4, 0.5) is 26.3 Å². The third-order valence-electron chi connectivity index (χ3n) is 4.83. The Kier molecular flexibility index (Phi) is 15.7. The summed E-state index contributed by atoms with van der Waals surface area (Å²) >= 11 is 0. The van der Waals surface area contributed by atoms with Crippen LogP contribution in [0.5, 0.6) is 0 Å². The largest absolute Gasteiger partial charge is 0.480 e. The number of alkyl halides is 6. The highest BCUT2D eigenvalue weighted by Crippen LogP contribution is 2.36. The number of hydrogen-bond acceptors (Lipinski definition) is 4. The quantitative estimate of drug-likeness (QED) is 0.136. The second-order valence-electron chi connectivity index (χ2n) is 7.92. The minimum Gasteiger partial charge on any atom is -0.421 e. The fourth-order valence-corrected chi connectivity index (χ4v) is 4.64. The maximum Gasteiger partial charge on any atom is 0.480 e. The van der Waals surface area contributed by atoms with Crippen molar-refractivity contribution < 1.29 is 47.7 Å². The summed E-state index contributed by atoms with van der Waals surface area (Å²) in [4.78, 5) is 0. The molecule has 0 unspecified atom stereocenters. The van der Waals surface area contributed by atoms with E-state index in [9.17, 15) is 43.2 Å². The Bertz CT molecular complexity index is 849. The first-order chi connectivity index (χ1) is 16.1. The van der Waals surface area contributed by atoms with Gasteiger partial charge in [0.05, 0.1) is 0 Å². The first kappa shape index (κ1) is 33.6. The van der Waals surface area contributed by atoms with Crippen LogP contribution in [0.1, 0.15) is 84.0 Å². The van der Waals surface area contributed by atoms with E-state index in [1.54, 1.807) is 0 Å². The summed E-state index contributed by atoms with van der Waals surface area (Å²) in [7, 11) is -13.4. The van der Waals surface area contributed by atoms with Gasteiger partial charge in [0.1, 0.15) is 6.54 Å². The number of aryl methyl sites for hydroxylation is 1. The second kappa shape index (κ2) is 16.4. The molecule has 0 N–H and O–H groups in total. The number of sulfonamides is 2. The summed E-state index contributed by atoms with van der Waals surface area (Å²) in [6.45, 7) is 3.47. The Morgan fingerprint density at radius 2 is 0.943 bits per heavy atom. The van der Waals surface area contributed by atoms with Gasteiger partial charge in [-0.15, -0.1) is 0 Å². The smallest absolute Gasteiger partial charge is 0.421 e. The average Bonchev–Trinajstić information content (AvgIpc) is 2.73. The highest BCUT2D eigenvalue weighted by atomic mass is 32.3. The van der Waals surface area contributed by atoms with Gasteiger partial charge in [0.25, 0.3) is 0 Å². The highest BCUT2D eigenvalue weighted by Gasteiger charge is 2.46. The van der Waals surface area contributed by atoms with Gasteiger partial charge in [-0.3, -0.25) is 0 Å². The van der Waals surface area contributed by atoms with E-state index in [1.807, 2.05) is 0 Å². The third kappa shape index (κ3) is 15.3. The van der Waals surface area contributed by atoms with E-state index in [0.29, 0.717) is 0 Å². The lowest BCUT2D eigenvalue weighted by molar-refractivity contribution is -0.697. The van der Waals surface area contributed by atoms with E-state index in [0.717, 1.165) is 4.13 Å². The van der Waals surface area contributed by atoms with E-state index >= 15 is 0 Å². The van der Waals surface area contributed by atoms with Crippen molar-refractivity contribution in [1.29, 1.82) is 0 Å². The second-order valence-corrected chi connectivity index (χ2v) is 11.3. The Balaban J connectivity index is 0.000000691. The van der Waals surface area contributed by atoms with Crippen LogP contribution in [0.2, 0.25) is 0 Å². The predicted molar refractivity (Wildman–Crippen MR) is 121 cm³/mol. The van der Waals surface area contributed by atoms with Gasteiger partial charge in [-0.1, -0.05) is 77.2 Å². The Hall–Kier alpha value is -1.41. The van der Waals surface area contributed by atoms with E-state index in [1.165, 1.54) is 83.6 Å². The van der Waals surface area contributed by atoms with Crippen LogP contribution in [0.15, 0.2) is 30.6 Å². The average molecular weight is 557 g/mol. The number of hydrogen-bond donors (Lipinski definition) is 0. The number of rotatable bonds is 15. The lowest BCUT2D eigenvalue weighted by Crippen LogP contribution is -2.32. The molecule has 0 amide bonds. The normalized spacial score (nSPS) is 12.8. The molecule has 0 aromatic carbocycles. The molecule has 0 radical (unpaired) electrons. The Morgan fingerprint density at radius 1 is 0.600 bits per heavy atom. The van der Waals surface area contributed by atoms with Crippen LogP contribution in [0.3, 0.4) is 0 Å². The Labute approximate surface area is 204 Å². The van der Waals surface area contributed by atoms with E-state index < -0.39 is 31.1 Å². The van der Waals surface area contributed by atoms with Gasteiger partial charge in [-0.25, -0.2) is 21.4 Å². The molecule has 1 rings (SSSR count). The Morgan fingerprint density at radius 3 is 1.29 bits per heavy atom. The van der Waals surface area contributed by atoms with Gasteiger partial charge < -0.3 is 4.13 Å². The number of nitrogens with zero attached hydrogens (tertiary/aromatic N) is 2. The molecule has 1 heterocycles. The van der Waals surface area contributed by atoms with Crippen LogP contribution in [-0.2, 0) is 26.6 Å². The monoisotopic (exact) mass is 556 g/mol. The maximum atomic E-state index is 11.4. The van der Waals surface area contributed by atoms with Gasteiger partial charge in [-0.05, 0) is 6.42 Å². The first-order valence-electron chi connectivity index (χ1n) is 11.4. The van der Waals surface area contributed by atoms with E-state index in [2.05, 4.69) is 42.1 Å². The van der Waals surface area contributed by atoms with Crippen LogP contribution in [0.25, 0.3) is 4.13 Å². The molecule has 0 aliphatic carbocycles. The van der Waals surface area contributed by atoms with Crippen molar-refractivity contribution in [2.45, 2.75) is 102 Å². The number of halogens is 6. The molecule has 14 heteroatoms. The van der Waals surface area contributed by atoms with E-state index in [-0.39, 0.29) is 0 Å². The van der Waals surface area contributed by atoms with Crippen molar-refractivity contribution in [3.63, 3.8) is 0 Å². The van der Waals surface area contributed by atoms with E-state index in [4.69, 9.17) is 0 Å². The van der Waals surface area contributed by atoms with Crippen LogP contribution >= 0.6 is 0 Å². The molecule has 206 valence electrons. The summed E-state index contributed by atoms with van der Waals surface area (Å²) in [5.41, 5.74) is -12.4. The minimum absolute atomic E-state index is 0.778. The van der Waals surface area contributed by atoms with Gasteiger partial charge in [0.15, 0.2) is 32.4 Å². The molecule has 0 aliphatic heterocycles. The van der Waals surface area contributed by atoms with Crippen molar-refractivity contribution in [2.24, 2.45) is 0 Å². The third-order valence-corrected chi connectivity index (χ3v) is 7.57. The molecule has 0 saturated heterocycles. The van der Waals surface area contributed by atoms with Crippen molar-refractivity contribution in [3.05, 3.63) is 34.7 Å². The van der Waals surface area contributed by atoms with Crippen molar-refractivity contribution in [3.8, 4) is 0 Å². The van der Waals surface area contributed by atoms with Crippen LogP contribution < -0.4 is 4.57 Å². The molecule has 0 fully saturated rings. The molecule has 1 aromatic rings. The standard InChI is InChI=1S/C19H34N.C2F6NO4S2/c1-2-3-4-5-6-7-8-9-10-11-12-14-17-20-18-15-13-16-19-20;3-1(4,5)14(10,11)9-15(12,13)2(6,7)8/h13,15-16,18-19H,2-12,14,17H2,1H3;/q+1;-1. The summed E-state index contributed by atoms with van der Waals surface area (Å²) < 4.78 is 111. The van der Waals surface area contributed by atoms with Crippen molar-refractivity contribution >= 4 is 20.0 Å². The molecule has 0 bridgehead atoms. The molecule has 0 spiro atoms. The van der Waals surface area contributed by atoms with Crippen LogP contribution in [0, 0.1) is 0 Å². The van der Waals surface area contributed by atoms with Crippen molar-refractivity contribution in [1.82, 2.24) is 0 Å². The zero-order valence-electron chi connectivity index (χ0n) is 19.7. The summed E-state index contributed by atoms with van der Waals surface area (Å²) in [6.07, 6.45) is 21.4. The maximum absolute atomic E-state index is 11.4. The fraction of sp³-hybridized carbons (Fsp3) is 0.762. The lowest BCUT2D eigenvalue weighted by Gasteiger charge is -2.22. The fourth-order valence-electron chi connectivity index (χ4n) is 2.93. The van der Waals surface area contributed by atoms with Gasteiger partial charge in [0.2, 0.25) is 0 Å². The molecule has 0 atom stereocenters. The number of aromatic nitrogens is 1. The summed E-state index contributed by atoms with van der Waals surface area (Å²) in [5.74, 6) is 0. The molecular weight excluding hydrogens is 522 g/mol. The van der Waals surface area contributed by atoms with Gasteiger partial charge in [-0.2, -0.15) is 26.3 Å². The molecule has 6 nitrogen and oxygen atoms in total. The molecular formula is C21H34F6N2O4S2. The molecule has 1 aromatic heterocycles. The zero-order chi connectivity index (χ0) is 27.0. The molecule has 0 saturated carbocycles. The van der Waals surface area contributed by atoms with Gasteiger partial charge in [0, 0.05) is 18.6 Å². The lowest BCUT2D eigenvalue weighted by atomic mass is 10.1. The highest BCUT2D eigenvalue weighted by molar-refractivity contribution is 8.13. The topological polar surface area (TPSA) is 86.3 Å². The SMILES string of the molecule is CCCCCCCCCCCCCC[n+]1ccccc1.O=S(=O)([N-]S(=O)(=O)C(F)(F)F)C(F)(F)F. The minimum atomic E-state index is -6.72.